The molecule has 0 radical (unpaired) electrons. The molecule has 0 unspecified atom stereocenters. The van der Waals surface area contributed by atoms with Crippen LogP contribution in [0.15, 0.2) is 35.8 Å². The standard InChI is InChI=1S/C18H19ClN4OS/c1-3-17-16(10-21-23(17)15-6-4-5-13(19)9-15)18(24)20-8-7-14-11-25-12(2)22-14/h4-6,9-11H,3,7-8H2,1-2H3,(H,20,24). The first-order valence-corrected chi connectivity index (χ1v) is 9.36. The number of carbonyl (C=O) groups excluding carboxylic acids is 1. The average Bonchev–Trinajstić information content (AvgIpc) is 3.20. The Morgan fingerprint density at radius 3 is 2.92 bits per heavy atom. The van der Waals surface area contributed by atoms with Crippen molar-refractivity contribution in [2.75, 3.05) is 6.54 Å². The molecule has 0 saturated carbocycles. The van der Waals surface area contributed by atoms with Gasteiger partial charge in [0, 0.05) is 23.4 Å². The maximum absolute atomic E-state index is 12.5. The molecule has 0 saturated heterocycles. The van der Waals surface area contributed by atoms with Crippen LogP contribution in [-0.4, -0.2) is 27.2 Å². The minimum atomic E-state index is -0.114. The lowest BCUT2D eigenvalue weighted by atomic mass is 10.2. The molecule has 7 heteroatoms. The molecule has 3 rings (SSSR count). The van der Waals surface area contributed by atoms with E-state index in [0.717, 1.165) is 28.5 Å². The van der Waals surface area contributed by atoms with Crippen LogP contribution in [-0.2, 0) is 12.8 Å². The van der Waals surface area contributed by atoms with Crippen LogP contribution < -0.4 is 5.32 Å². The van der Waals surface area contributed by atoms with E-state index >= 15 is 0 Å². The summed E-state index contributed by atoms with van der Waals surface area (Å²) in [5.41, 5.74) is 3.32. The van der Waals surface area contributed by atoms with Crippen LogP contribution in [0.3, 0.4) is 0 Å². The third-order valence-electron chi connectivity index (χ3n) is 3.83. The zero-order chi connectivity index (χ0) is 17.8. The van der Waals surface area contributed by atoms with Crippen molar-refractivity contribution in [2.24, 2.45) is 0 Å². The summed E-state index contributed by atoms with van der Waals surface area (Å²) in [4.78, 5) is 16.9. The van der Waals surface area contributed by atoms with Crippen molar-refractivity contribution in [1.82, 2.24) is 20.1 Å². The molecule has 0 aliphatic heterocycles. The van der Waals surface area contributed by atoms with Gasteiger partial charge in [-0.2, -0.15) is 5.10 Å². The summed E-state index contributed by atoms with van der Waals surface area (Å²) >= 11 is 7.68. The van der Waals surface area contributed by atoms with E-state index in [1.54, 1.807) is 22.2 Å². The number of benzene rings is 1. The molecule has 1 amide bonds. The zero-order valence-electron chi connectivity index (χ0n) is 14.1. The number of carbonyl (C=O) groups is 1. The highest BCUT2D eigenvalue weighted by atomic mass is 35.5. The normalized spacial score (nSPS) is 10.8. The first kappa shape index (κ1) is 17.6. The Bertz CT molecular complexity index is 887. The molecule has 25 heavy (non-hydrogen) atoms. The summed E-state index contributed by atoms with van der Waals surface area (Å²) in [6.45, 7) is 4.53. The predicted octanol–water partition coefficient (Wildman–Crippen LogP) is 3.83. The molecule has 0 aliphatic rings. The van der Waals surface area contributed by atoms with Crippen molar-refractivity contribution in [1.29, 1.82) is 0 Å². The van der Waals surface area contributed by atoms with E-state index in [0.29, 0.717) is 23.6 Å². The molecule has 3 aromatic rings. The van der Waals surface area contributed by atoms with Gasteiger partial charge in [-0.05, 0) is 31.5 Å². The third-order valence-corrected chi connectivity index (χ3v) is 4.89. The topological polar surface area (TPSA) is 59.8 Å². The van der Waals surface area contributed by atoms with Crippen molar-refractivity contribution in [2.45, 2.75) is 26.7 Å². The van der Waals surface area contributed by atoms with Gasteiger partial charge in [0.1, 0.15) is 0 Å². The van der Waals surface area contributed by atoms with Gasteiger partial charge >= 0.3 is 0 Å². The summed E-state index contributed by atoms with van der Waals surface area (Å²) in [5, 5.41) is 11.0. The van der Waals surface area contributed by atoms with Crippen LogP contribution in [0.5, 0.6) is 0 Å². The second-order valence-corrected chi connectivity index (χ2v) is 7.11. The van der Waals surface area contributed by atoms with E-state index in [4.69, 9.17) is 11.6 Å². The Morgan fingerprint density at radius 2 is 2.24 bits per heavy atom. The van der Waals surface area contributed by atoms with Gasteiger partial charge in [0.15, 0.2) is 0 Å². The Labute approximate surface area is 155 Å². The fourth-order valence-corrected chi connectivity index (χ4v) is 3.49. The van der Waals surface area contributed by atoms with Gasteiger partial charge < -0.3 is 5.32 Å². The van der Waals surface area contributed by atoms with Crippen LogP contribution in [0.25, 0.3) is 5.69 Å². The number of halogens is 1. The van der Waals surface area contributed by atoms with Gasteiger partial charge in [-0.3, -0.25) is 4.79 Å². The average molecular weight is 375 g/mol. The molecule has 0 aliphatic carbocycles. The Kier molecular flexibility index (Phi) is 5.50. The molecule has 2 heterocycles. The highest BCUT2D eigenvalue weighted by Gasteiger charge is 2.17. The number of amides is 1. The van der Waals surface area contributed by atoms with E-state index in [-0.39, 0.29) is 5.91 Å². The molecular weight excluding hydrogens is 356 g/mol. The minimum Gasteiger partial charge on any atom is -0.352 e. The van der Waals surface area contributed by atoms with Crippen molar-refractivity contribution < 1.29 is 4.79 Å². The quantitative estimate of drug-likeness (QED) is 0.713. The maximum Gasteiger partial charge on any atom is 0.254 e. The third kappa shape index (κ3) is 4.08. The second kappa shape index (κ2) is 7.80. The van der Waals surface area contributed by atoms with Crippen molar-refractivity contribution >= 4 is 28.8 Å². The lowest BCUT2D eigenvalue weighted by Crippen LogP contribution is -2.26. The first-order chi connectivity index (χ1) is 12.1. The predicted molar refractivity (Wildman–Crippen MR) is 101 cm³/mol. The minimum absolute atomic E-state index is 0.114. The molecule has 1 aromatic carbocycles. The lowest BCUT2D eigenvalue weighted by molar-refractivity contribution is 0.0953. The first-order valence-electron chi connectivity index (χ1n) is 8.10. The summed E-state index contributed by atoms with van der Waals surface area (Å²) in [6, 6.07) is 7.44. The van der Waals surface area contributed by atoms with E-state index in [2.05, 4.69) is 15.4 Å². The van der Waals surface area contributed by atoms with Crippen LogP contribution in [0.1, 0.15) is 33.7 Å². The molecule has 0 spiro atoms. The summed E-state index contributed by atoms with van der Waals surface area (Å²) in [6.07, 6.45) is 3.03. The van der Waals surface area contributed by atoms with Gasteiger partial charge in [-0.15, -0.1) is 11.3 Å². The number of nitrogens with one attached hydrogen (secondary N) is 1. The van der Waals surface area contributed by atoms with Crippen molar-refractivity contribution in [3.63, 3.8) is 0 Å². The lowest BCUT2D eigenvalue weighted by Gasteiger charge is -2.08. The molecule has 130 valence electrons. The fourth-order valence-electron chi connectivity index (χ4n) is 2.66. The van der Waals surface area contributed by atoms with Gasteiger partial charge in [0.05, 0.1) is 33.8 Å². The van der Waals surface area contributed by atoms with E-state index in [1.807, 2.05) is 43.5 Å². The van der Waals surface area contributed by atoms with Crippen LogP contribution in [0.2, 0.25) is 5.02 Å². The van der Waals surface area contributed by atoms with Gasteiger partial charge in [-0.25, -0.2) is 9.67 Å². The summed E-state index contributed by atoms with van der Waals surface area (Å²) < 4.78 is 1.77. The Morgan fingerprint density at radius 1 is 1.40 bits per heavy atom. The molecule has 5 nitrogen and oxygen atoms in total. The number of nitrogens with zero attached hydrogens (tertiary/aromatic N) is 3. The zero-order valence-corrected chi connectivity index (χ0v) is 15.7. The largest absolute Gasteiger partial charge is 0.352 e. The van der Waals surface area contributed by atoms with Gasteiger partial charge in [-0.1, -0.05) is 24.6 Å². The maximum atomic E-state index is 12.5. The summed E-state index contributed by atoms with van der Waals surface area (Å²) in [7, 11) is 0. The smallest absolute Gasteiger partial charge is 0.254 e. The van der Waals surface area contributed by atoms with Gasteiger partial charge in [0.2, 0.25) is 0 Å². The number of hydrogen-bond donors (Lipinski definition) is 1. The van der Waals surface area contributed by atoms with Crippen molar-refractivity contribution in [3.8, 4) is 5.69 Å². The van der Waals surface area contributed by atoms with Crippen LogP contribution in [0.4, 0.5) is 0 Å². The van der Waals surface area contributed by atoms with Crippen molar-refractivity contribution in [3.05, 3.63) is 62.8 Å². The fraction of sp³-hybridized carbons (Fsp3) is 0.278. The molecule has 2 aromatic heterocycles. The number of rotatable bonds is 6. The molecule has 0 fully saturated rings. The van der Waals surface area contributed by atoms with E-state index in [1.165, 1.54) is 0 Å². The summed E-state index contributed by atoms with van der Waals surface area (Å²) in [5.74, 6) is -0.114. The monoisotopic (exact) mass is 374 g/mol. The Hall–Kier alpha value is -2.18. The van der Waals surface area contributed by atoms with E-state index < -0.39 is 0 Å². The molecule has 1 N–H and O–H groups in total. The van der Waals surface area contributed by atoms with Crippen LogP contribution >= 0.6 is 22.9 Å². The number of aryl methyl sites for hydroxylation is 1. The molecule has 0 atom stereocenters. The van der Waals surface area contributed by atoms with Gasteiger partial charge in [0.25, 0.3) is 5.91 Å². The Balaban J connectivity index is 1.72. The number of aromatic nitrogens is 3. The molecular formula is C18H19ClN4OS. The number of thiazole rings is 1. The second-order valence-electron chi connectivity index (χ2n) is 5.61. The highest BCUT2D eigenvalue weighted by Crippen LogP contribution is 2.19. The van der Waals surface area contributed by atoms with Crippen LogP contribution in [0, 0.1) is 6.92 Å². The number of hydrogen-bond acceptors (Lipinski definition) is 4. The SMILES string of the molecule is CCc1c(C(=O)NCCc2csc(C)n2)cnn1-c1cccc(Cl)c1. The highest BCUT2D eigenvalue weighted by molar-refractivity contribution is 7.09. The molecule has 0 bridgehead atoms. The van der Waals surface area contributed by atoms with E-state index in [9.17, 15) is 4.79 Å².